The predicted molar refractivity (Wildman–Crippen MR) is 157 cm³/mol. The third-order valence-electron chi connectivity index (χ3n) is 6.66. The number of benzene rings is 3. The summed E-state index contributed by atoms with van der Waals surface area (Å²) in [5, 5.41) is 25.3. The second-order valence-electron chi connectivity index (χ2n) is 10.3. The molecule has 3 atom stereocenters. The molecule has 0 saturated heterocycles. The number of carbonyl (C=O) groups is 4. The number of amides is 2. The van der Waals surface area contributed by atoms with Crippen molar-refractivity contribution in [3.63, 3.8) is 0 Å². The second-order valence-corrected chi connectivity index (χ2v) is 10.3. The van der Waals surface area contributed by atoms with E-state index < -0.39 is 48.3 Å². The first-order valence-corrected chi connectivity index (χ1v) is 13.6. The van der Waals surface area contributed by atoms with E-state index in [1.165, 1.54) is 11.8 Å². The SMILES string of the molecule is CC(C)C[C@H](N[C@@H](CC(=O)NCc1ccccc1)C(=O)O)C(=O)N(c1ccc(-c2ccccc2)cc1)[C@@H](C)C(=O)O. The summed E-state index contributed by atoms with van der Waals surface area (Å²) in [6.45, 7) is 5.40. The number of nitrogens with one attached hydrogen (secondary N) is 2. The van der Waals surface area contributed by atoms with Gasteiger partial charge in [-0.3, -0.25) is 24.6 Å². The number of anilines is 1. The van der Waals surface area contributed by atoms with E-state index in [1.54, 1.807) is 12.1 Å². The van der Waals surface area contributed by atoms with Crippen LogP contribution in [-0.4, -0.2) is 52.1 Å². The highest BCUT2D eigenvalue weighted by Gasteiger charge is 2.35. The second kappa shape index (κ2) is 14.8. The molecule has 216 valence electrons. The van der Waals surface area contributed by atoms with Crippen LogP contribution in [0.5, 0.6) is 0 Å². The predicted octanol–water partition coefficient (Wildman–Crippen LogP) is 4.32. The van der Waals surface area contributed by atoms with Gasteiger partial charge in [0.2, 0.25) is 11.8 Å². The molecule has 0 unspecified atom stereocenters. The summed E-state index contributed by atoms with van der Waals surface area (Å²) in [7, 11) is 0. The molecule has 3 aromatic rings. The van der Waals surface area contributed by atoms with E-state index in [1.807, 2.05) is 86.6 Å². The minimum absolute atomic E-state index is 0.0276. The Hall–Kier alpha value is -4.50. The van der Waals surface area contributed by atoms with Gasteiger partial charge in [-0.25, -0.2) is 4.79 Å². The Balaban J connectivity index is 1.83. The molecular formula is C32H37N3O6. The topological polar surface area (TPSA) is 136 Å². The molecule has 0 aromatic heterocycles. The highest BCUT2D eigenvalue weighted by atomic mass is 16.4. The van der Waals surface area contributed by atoms with E-state index in [2.05, 4.69) is 10.6 Å². The van der Waals surface area contributed by atoms with Crippen LogP contribution in [0.15, 0.2) is 84.9 Å². The maximum atomic E-state index is 13.9. The Morgan fingerprint density at radius 2 is 1.29 bits per heavy atom. The highest BCUT2D eigenvalue weighted by Crippen LogP contribution is 2.26. The Morgan fingerprint density at radius 3 is 1.83 bits per heavy atom. The van der Waals surface area contributed by atoms with Crippen LogP contribution in [0, 0.1) is 5.92 Å². The van der Waals surface area contributed by atoms with Crippen molar-refractivity contribution >= 4 is 29.4 Å². The molecule has 0 heterocycles. The maximum absolute atomic E-state index is 13.9. The third-order valence-corrected chi connectivity index (χ3v) is 6.66. The smallest absolute Gasteiger partial charge is 0.326 e. The van der Waals surface area contributed by atoms with Gasteiger partial charge in [0.1, 0.15) is 12.1 Å². The average molecular weight is 560 g/mol. The lowest BCUT2D eigenvalue weighted by Gasteiger charge is -2.33. The molecule has 0 aliphatic rings. The quantitative estimate of drug-likeness (QED) is 0.231. The first kappa shape index (κ1) is 31.0. The van der Waals surface area contributed by atoms with E-state index in [0.29, 0.717) is 5.69 Å². The summed E-state index contributed by atoms with van der Waals surface area (Å²) in [6.07, 6.45) is -0.163. The molecule has 0 radical (unpaired) electrons. The molecule has 0 spiro atoms. The Bertz CT molecular complexity index is 1310. The number of aliphatic carboxylic acids is 2. The zero-order chi connectivity index (χ0) is 29.9. The van der Waals surface area contributed by atoms with Gasteiger partial charge in [0.25, 0.3) is 0 Å². The lowest BCUT2D eigenvalue weighted by molar-refractivity contribution is -0.143. The number of carbonyl (C=O) groups excluding carboxylic acids is 2. The molecule has 9 heteroatoms. The Labute approximate surface area is 240 Å². The van der Waals surface area contributed by atoms with Crippen molar-refractivity contribution in [2.75, 3.05) is 4.90 Å². The number of nitrogens with zero attached hydrogens (tertiary/aromatic N) is 1. The third kappa shape index (κ3) is 9.01. The average Bonchev–Trinajstić information content (AvgIpc) is 2.96. The van der Waals surface area contributed by atoms with E-state index in [-0.39, 0.29) is 18.9 Å². The molecule has 9 nitrogen and oxygen atoms in total. The molecule has 3 aromatic carbocycles. The van der Waals surface area contributed by atoms with Gasteiger partial charge < -0.3 is 15.5 Å². The molecule has 4 N–H and O–H groups in total. The van der Waals surface area contributed by atoms with E-state index in [4.69, 9.17) is 0 Å². The molecule has 0 bridgehead atoms. The molecule has 0 fully saturated rings. The van der Waals surface area contributed by atoms with Crippen molar-refractivity contribution < 1.29 is 29.4 Å². The lowest BCUT2D eigenvalue weighted by atomic mass is 9.99. The zero-order valence-electron chi connectivity index (χ0n) is 23.5. The van der Waals surface area contributed by atoms with Gasteiger partial charge in [-0.05, 0) is 48.1 Å². The molecule has 0 aliphatic heterocycles. The summed E-state index contributed by atoms with van der Waals surface area (Å²) in [4.78, 5) is 51.9. The van der Waals surface area contributed by atoms with Crippen molar-refractivity contribution in [2.45, 2.75) is 58.3 Å². The molecular weight excluding hydrogens is 522 g/mol. The van der Waals surface area contributed by atoms with Gasteiger partial charge in [0.05, 0.1) is 12.5 Å². The fraction of sp³-hybridized carbons (Fsp3) is 0.312. The molecule has 41 heavy (non-hydrogen) atoms. The van der Waals surface area contributed by atoms with Crippen LogP contribution in [0.4, 0.5) is 5.69 Å². The van der Waals surface area contributed by atoms with Crippen LogP contribution >= 0.6 is 0 Å². The molecule has 0 saturated carbocycles. The number of carboxylic acid groups (broad SMARTS) is 2. The fourth-order valence-corrected chi connectivity index (χ4v) is 4.49. The fourth-order valence-electron chi connectivity index (χ4n) is 4.49. The van der Waals surface area contributed by atoms with Crippen molar-refractivity contribution in [1.82, 2.24) is 10.6 Å². The first-order valence-electron chi connectivity index (χ1n) is 13.6. The summed E-state index contributed by atoms with van der Waals surface area (Å²) >= 11 is 0. The highest BCUT2D eigenvalue weighted by molar-refractivity contribution is 6.02. The monoisotopic (exact) mass is 559 g/mol. The first-order chi connectivity index (χ1) is 19.6. The van der Waals surface area contributed by atoms with Gasteiger partial charge in [0.15, 0.2) is 0 Å². The summed E-state index contributed by atoms with van der Waals surface area (Å²) in [5.74, 6) is -3.59. The minimum Gasteiger partial charge on any atom is -0.480 e. The minimum atomic E-state index is -1.36. The number of rotatable bonds is 14. The Kier molecular flexibility index (Phi) is 11.2. The lowest BCUT2D eigenvalue weighted by Crippen LogP contribution is -2.56. The largest absolute Gasteiger partial charge is 0.480 e. The van der Waals surface area contributed by atoms with Crippen LogP contribution in [0.1, 0.15) is 39.2 Å². The summed E-state index contributed by atoms with van der Waals surface area (Å²) in [6, 6.07) is 22.2. The molecule has 0 aliphatic carbocycles. The van der Waals surface area contributed by atoms with Crippen molar-refractivity contribution in [2.24, 2.45) is 5.92 Å². The van der Waals surface area contributed by atoms with E-state index in [9.17, 15) is 29.4 Å². The van der Waals surface area contributed by atoms with Crippen LogP contribution in [0.25, 0.3) is 11.1 Å². The Morgan fingerprint density at radius 1 is 0.732 bits per heavy atom. The van der Waals surface area contributed by atoms with Crippen LogP contribution in [0.3, 0.4) is 0 Å². The van der Waals surface area contributed by atoms with Crippen LogP contribution < -0.4 is 15.5 Å². The normalized spacial score (nSPS) is 13.2. The molecule has 3 rings (SSSR count). The van der Waals surface area contributed by atoms with Crippen LogP contribution in [0.2, 0.25) is 0 Å². The molecule has 2 amide bonds. The van der Waals surface area contributed by atoms with Gasteiger partial charge in [-0.1, -0.05) is 86.6 Å². The van der Waals surface area contributed by atoms with Crippen molar-refractivity contribution in [3.8, 4) is 11.1 Å². The van der Waals surface area contributed by atoms with Gasteiger partial charge in [-0.15, -0.1) is 0 Å². The summed E-state index contributed by atoms with van der Waals surface area (Å²) < 4.78 is 0. The van der Waals surface area contributed by atoms with Crippen LogP contribution in [-0.2, 0) is 25.7 Å². The van der Waals surface area contributed by atoms with Gasteiger partial charge in [-0.2, -0.15) is 0 Å². The number of hydrogen-bond donors (Lipinski definition) is 4. The zero-order valence-corrected chi connectivity index (χ0v) is 23.5. The van der Waals surface area contributed by atoms with Gasteiger partial charge in [0, 0.05) is 12.2 Å². The van der Waals surface area contributed by atoms with E-state index in [0.717, 1.165) is 16.7 Å². The van der Waals surface area contributed by atoms with Crippen molar-refractivity contribution in [1.29, 1.82) is 0 Å². The maximum Gasteiger partial charge on any atom is 0.326 e. The number of hydrogen-bond acceptors (Lipinski definition) is 5. The standard InChI is InChI=1S/C32H37N3O6/c1-21(2)18-27(34-28(32(40)41)19-29(36)33-20-23-10-6-4-7-11-23)30(37)35(22(3)31(38)39)26-16-14-25(15-17-26)24-12-8-5-9-13-24/h4-17,21-22,27-28,34H,18-20H2,1-3H3,(H,33,36)(H,38,39)(H,40,41)/t22-,27-,28-/m0/s1. The van der Waals surface area contributed by atoms with Crippen molar-refractivity contribution in [3.05, 3.63) is 90.5 Å². The number of carboxylic acids is 2. The summed E-state index contributed by atoms with van der Waals surface area (Å²) in [5.41, 5.74) is 3.10. The van der Waals surface area contributed by atoms with E-state index >= 15 is 0 Å². The van der Waals surface area contributed by atoms with Gasteiger partial charge >= 0.3 is 11.9 Å².